The van der Waals surface area contributed by atoms with Gasteiger partial charge in [-0.25, -0.2) is 4.98 Å². The minimum absolute atomic E-state index is 0.140. The van der Waals surface area contributed by atoms with Crippen LogP contribution < -0.4 is 15.2 Å². The zero-order chi connectivity index (χ0) is 12.0. The molecule has 5 nitrogen and oxygen atoms in total. The molecular formula is C11H17N3O2. The molecule has 0 aliphatic heterocycles. The molecule has 88 valence electrons. The quantitative estimate of drug-likeness (QED) is 0.813. The molecule has 1 aromatic rings. The summed E-state index contributed by atoms with van der Waals surface area (Å²) in [5.74, 6) is 0.493. The first-order chi connectivity index (χ1) is 7.67. The van der Waals surface area contributed by atoms with E-state index < -0.39 is 0 Å². The summed E-state index contributed by atoms with van der Waals surface area (Å²) < 4.78 is 10.0. The van der Waals surface area contributed by atoms with Gasteiger partial charge in [0.05, 0.1) is 19.8 Å². The van der Waals surface area contributed by atoms with Crippen LogP contribution in [-0.2, 0) is 0 Å². The highest BCUT2D eigenvalue weighted by Gasteiger charge is 2.04. The molecule has 16 heavy (non-hydrogen) atoms. The summed E-state index contributed by atoms with van der Waals surface area (Å²) in [5.41, 5.74) is 6.45. The number of ether oxygens (including phenoxy) is 2. The summed E-state index contributed by atoms with van der Waals surface area (Å²) in [6, 6.07) is 0.433. The van der Waals surface area contributed by atoms with Crippen LogP contribution in [-0.4, -0.2) is 30.2 Å². The third-order valence-electron chi connectivity index (χ3n) is 1.94. The number of aromatic nitrogens is 2. The fourth-order valence-electron chi connectivity index (χ4n) is 1.15. The zero-order valence-corrected chi connectivity index (χ0v) is 9.80. The number of rotatable bonds is 5. The van der Waals surface area contributed by atoms with Gasteiger partial charge in [-0.2, -0.15) is 4.98 Å². The molecule has 0 aromatic carbocycles. The van der Waals surface area contributed by atoms with Crippen molar-refractivity contribution in [1.29, 1.82) is 0 Å². The number of hydrogen-bond acceptors (Lipinski definition) is 5. The van der Waals surface area contributed by atoms with Crippen molar-refractivity contribution in [2.75, 3.05) is 14.2 Å². The van der Waals surface area contributed by atoms with Gasteiger partial charge < -0.3 is 15.2 Å². The maximum absolute atomic E-state index is 5.64. The van der Waals surface area contributed by atoms with Gasteiger partial charge in [0, 0.05) is 12.2 Å². The Kier molecular flexibility index (Phi) is 4.72. The highest BCUT2D eigenvalue weighted by molar-refractivity contribution is 5.53. The fourth-order valence-corrected chi connectivity index (χ4v) is 1.15. The molecule has 0 spiro atoms. The molecule has 2 N–H and O–H groups in total. The molecule has 0 radical (unpaired) electrons. The first-order valence-electron chi connectivity index (χ1n) is 5.04. The fraction of sp³-hybridized carbons (Fsp3) is 0.455. The number of methoxy groups -OCH3 is 2. The van der Waals surface area contributed by atoms with E-state index in [1.165, 1.54) is 7.11 Å². The van der Waals surface area contributed by atoms with Crippen molar-refractivity contribution in [1.82, 2.24) is 9.97 Å². The lowest BCUT2D eigenvalue weighted by atomic mass is 10.2. The smallest absolute Gasteiger partial charge is 0.319 e. The summed E-state index contributed by atoms with van der Waals surface area (Å²) in [5, 5.41) is 0. The first kappa shape index (κ1) is 12.4. The van der Waals surface area contributed by atoms with Gasteiger partial charge in [-0.3, -0.25) is 0 Å². The van der Waals surface area contributed by atoms with Gasteiger partial charge in [-0.1, -0.05) is 12.2 Å². The van der Waals surface area contributed by atoms with Crippen molar-refractivity contribution >= 4 is 6.08 Å². The molecule has 0 amide bonds. The van der Waals surface area contributed by atoms with Gasteiger partial charge in [0.2, 0.25) is 5.88 Å². The molecule has 1 atom stereocenters. The predicted octanol–water partition coefficient (Wildman–Crippen LogP) is 1.24. The van der Waals surface area contributed by atoms with Gasteiger partial charge in [-0.05, 0) is 13.3 Å². The normalized spacial score (nSPS) is 12.8. The van der Waals surface area contributed by atoms with Crippen molar-refractivity contribution in [3.8, 4) is 11.9 Å². The average Bonchev–Trinajstić information content (AvgIpc) is 2.29. The molecule has 0 saturated heterocycles. The lowest BCUT2D eigenvalue weighted by molar-refractivity contribution is 0.351. The lowest BCUT2D eigenvalue weighted by Crippen LogP contribution is -2.12. The van der Waals surface area contributed by atoms with Crippen LogP contribution in [0.15, 0.2) is 12.3 Å². The van der Waals surface area contributed by atoms with Crippen LogP contribution in [0.1, 0.15) is 18.9 Å². The zero-order valence-electron chi connectivity index (χ0n) is 9.80. The molecule has 0 aliphatic rings. The Morgan fingerprint density at radius 3 is 2.75 bits per heavy atom. The molecule has 1 heterocycles. The third kappa shape index (κ3) is 3.51. The minimum atomic E-state index is 0.140. The van der Waals surface area contributed by atoms with Gasteiger partial charge in [0.15, 0.2) is 0 Å². The minimum Gasteiger partial charge on any atom is -0.480 e. The Hall–Kier alpha value is -1.62. The van der Waals surface area contributed by atoms with E-state index in [0.29, 0.717) is 11.9 Å². The standard InChI is InChI=1S/C11H17N3O2/c1-8(12)5-4-6-9-7-13-11(16-3)14-10(9)15-2/h4,6-8H,5,12H2,1-3H3/b6-4+/t8-/m0/s1. The molecule has 1 aromatic heterocycles. The van der Waals surface area contributed by atoms with E-state index >= 15 is 0 Å². The SMILES string of the molecule is COc1ncc(/C=C/C[C@H](C)N)c(OC)n1. The van der Waals surface area contributed by atoms with E-state index in [9.17, 15) is 0 Å². The van der Waals surface area contributed by atoms with E-state index in [1.807, 2.05) is 19.1 Å². The monoisotopic (exact) mass is 223 g/mol. The van der Waals surface area contributed by atoms with Crippen molar-refractivity contribution in [3.05, 3.63) is 17.8 Å². The maximum atomic E-state index is 5.64. The molecule has 0 unspecified atom stereocenters. The van der Waals surface area contributed by atoms with Crippen molar-refractivity contribution in [3.63, 3.8) is 0 Å². The van der Waals surface area contributed by atoms with Crippen LogP contribution >= 0.6 is 0 Å². The Morgan fingerprint density at radius 2 is 2.19 bits per heavy atom. The highest BCUT2D eigenvalue weighted by Crippen LogP contribution is 2.18. The topological polar surface area (TPSA) is 70.3 Å². The van der Waals surface area contributed by atoms with Crippen LogP contribution in [0.2, 0.25) is 0 Å². The lowest BCUT2D eigenvalue weighted by Gasteiger charge is -2.05. The first-order valence-corrected chi connectivity index (χ1v) is 5.04. The Morgan fingerprint density at radius 1 is 1.44 bits per heavy atom. The van der Waals surface area contributed by atoms with Gasteiger partial charge in [0.1, 0.15) is 0 Å². The largest absolute Gasteiger partial charge is 0.480 e. The average molecular weight is 223 g/mol. The number of nitrogens with two attached hydrogens (primary N) is 1. The Bertz CT molecular complexity index is 364. The number of hydrogen-bond donors (Lipinski definition) is 1. The maximum Gasteiger partial charge on any atom is 0.319 e. The van der Waals surface area contributed by atoms with E-state index in [2.05, 4.69) is 9.97 Å². The van der Waals surface area contributed by atoms with Gasteiger partial charge in [-0.15, -0.1) is 0 Å². The van der Waals surface area contributed by atoms with E-state index in [-0.39, 0.29) is 6.04 Å². The third-order valence-corrected chi connectivity index (χ3v) is 1.94. The van der Waals surface area contributed by atoms with Crippen molar-refractivity contribution < 1.29 is 9.47 Å². The van der Waals surface area contributed by atoms with Crippen LogP contribution in [0.4, 0.5) is 0 Å². The summed E-state index contributed by atoms with van der Waals surface area (Å²) in [4.78, 5) is 8.08. The Balaban J connectivity index is 2.83. The van der Waals surface area contributed by atoms with Crippen LogP contribution in [0.5, 0.6) is 11.9 Å². The molecule has 0 aliphatic carbocycles. The van der Waals surface area contributed by atoms with Gasteiger partial charge in [0.25, 0.3) is 0 Å². The molecule has 5 heteroatoms. The molecule has 0 fully saturated rings. The summed E-state index contributed by atoms with van der Waals surface area (Å²) >= 11 is 0. The second-order valence-corrected chi connectivity index (χ2v) is 3.44. The van der Waals surface area contributed by atoms with Crippen LogP contribution in [0.25, 0.3) is 6.08 Å². The van der Waals surface area contributed by atoms with Crippen LogP contribution in [0.3, 0.4) is 0 Å². The second-order valence-electron chi connectivity index (χ2n) is 3.44. The number of nitrogens with zero attached hydrogens (tertiary/aromatic N) is 2. The predicted molar refractivity (Wildman–Crippen MR) is 62.4 cm³/mol. The van der Waals surface area contributed by atoms with Crippen molar-refractivity contribution in [2.24, 2.45) is 5.73 Å². The van der Waals surface area contributed by atoms with Crippen molar-refractivity contribution in [2.45, 2.75) is 19.4 Å². The summed E-state index contributed by atoms with van der Waals surface area (Å²) in [7, 11) is 3.07. The van der Waals surface area contributed by atoms with E-state index in [1.54, 1.807) is 13.3 Å². The van der Waals surface area contributed by atoms with E-state index in [4.69, 9.17) is 15.2 Å². The molecule has 0 saturated carbocycles. The summed E-state index contributed by atoms with van der Waals surface area (Å²) in [6.07, 6.45) is 6.32. The summed E-state index contributed by atoms with van der Waals surface area (Å²) in [6.45, 7) is 1.95. The molecule has 1 rings (SSSR count). The van der Waals surface area contributed by atoms with E-state index in [0.717, 1.165) is 12.0 Å². The second kappa shape index (κ2) is 6.07. The van der Waals surface area contributed by atoms with Gasteiger partial charge >= 0.3 is 6.01 Å². The van der Waals surface area contributed by atoms with Crippen LogP contribution in [0, 0.1) is 0 Å². The Labute approximate surface area is 95.3 Å². The molecule has 0 bridgehead atoms. The highest BCUT2D eigenvalue weighted by atomic mass is 16.5. The molecular weight excluding hydrogens is 206 g/mol.